The Balaban J connectivity index is 0.00000529. The van der Waals surface area contributed by atoms with Gasteiger partial charge in [-0.05, 0) is 39.0 Å². The molecule has 0 bridgehead atoms. The molecule has 6 heteroatoms. The van der Waals surface area contributed by atoms with Crippen molar-refractivity contribution in [1.29, 1.82) is 0 Å². The molecule has 0 unspecified atom stereocenters. The number of guanidine groups is 1. The standard InChI is InChI=1S/C18H34N4O.HI/c1-4-6-7-8-9-14-21(3)18(19-5-2)20-13-12-17(23)22-15-10-11-16-22;/h4H,1,5-16H2,2-3H3,(H,19,20);1H. The van der Waals surface area contributed by atoms with E-state index >= 15 is 0 Å². The highest BCUT2D eigenvalue weighted by Gasteiger charge is 2.17. The molecule has 0 atom stereocenters. The SMILES string of the molecule is C=CCCCCCN(C)C(=NCCC(=O)N1CCCC1)NCC.I. The van der Waals surface area contributed by atoms with Gasteiger partial charge in [-0.1, -0.05) is 12.5 Å². The monoisotopic (exact) mass is 450 g/mol. The van der Waals surface area contributed by atoms with Crippen molar-refractivity contribution in [3.05, 3.63) is 12.7 Å². The van der Waals surface area contributed by atoms with E-state index in [-0.39, 0.29) is 29.9 Å². The maximum Gasteiger partial charge on any atom is 0.224 e. The third-order valence-electron chi connectivity index (χ3n) is 4.14. The molecule has 24 heavy (non-hydrogen) atoms. The number of nitrogens with zero attached hydrogens (tertiary/aromatic N) is 3. The number of halogens is 1. The molecule has 1 aliphatic heterocycles. The zero-order valence-electron chi connectivity index (χ0n) is 15.4. The summed E-state index contributed by atoms with van der Waals surface area (Å²) in [4.78, 5) is 20.8. The lowest BCUT2D eigenvalue weighted by atomic mass is 10.2. The average molecular weight is 450 g/mol. The Morgan fingerprint density at radius 2 is 2.00 bits per heavy atom. The fourth-order valence-electron chi connectivity index (χ4n) is 2.77. The van der Waals surface area contributed by atoms with Crippen molar-refractivity contribution in [1.82, 2.24) is 15.1 Å². The predicted octanol–water partition coefficient (Wildman–Crippen LogP) is 3.26. The van der Waals surface area contributed by atoms with Crippen molar-refractivity contribution < 1.29 is 4.79 Å². The minimum absolute atomic E-state index is 0. The lowest BCUT2D eigenvalue weighted by Crippen LogP contribution is -2.39. The number of unbranched alkanes of at least 4 members (excludes halogenated alkanes) is 3. The zero-order valence-corrected chi connectivity index (χ0v) is 17.8. The predicted molar refractivity (Wildman–Crippen MR) is 113 cm³/mol. The molecule has 1 N–H and O–H groups in total. The van der Waals surface area contributed by atoms with Crippen LogP contribution in [-0.4, -0.2) is 61.4 Å². The number of amides is 1. The second-order valence-corrected chi connectivity index (χ2v) is 6.13. The van der Waals surface area contributed by atoms with E-state index in [4.69, 9.17) is 0 Å². The van der Waals surface area contributed by atoms with E-state index < -0.39 is 0 Å². The molecule has 1 fully saturated rings. The lowest BCUT2D eigenvalue weighted by Gasteiger charge is -2.22. The molecule has 0 aliphatic carbocycles. The van der Waals surface area contributed by atoms with Crippen LogP contribution in [0.2, 0.25) is 0 Å². The van der Waals surface area contributed by atoms with E-state index in [9.17, 15) is 4.79 Å². The molecular weight excluding hydrogens is 415 g/mol. The normalized spacial score (nSPS) is 14.2. The molecule has 140 valence electrons. The van der Waals surface area contributed by atoms with E-state index in [1.807, 2.05) is 11.0 Å². The van der Waals surface area contributed by atoms with Gasteiger partial charge < -0.3 is 15.1 Å². The summed E-state index contributed by atoms with van der Waals surface area (Å²) in [5.41, 5.74) is 0. The highest BCUT2D eigenvalue weighted by molar-refractivity contribution is 14.0. The summed E-state index contributed by atoms with van der Waals surface area (Å²) in [6.45, 7) is 10.1. The van der Waals surface area contributed by atoms with Crippen LogP contribution in [0.4, 0.5) is 0 Å². The Morgan fingerprint density at radius 1 is 1.29 bits per heavy atom. The van der Waals surface area contributed by atoms with Gasteiger partial charge in [-0.15, -0.1) is 30.6 Å². The lowest BCUT2D eigenvalue weighted by molar-refractivity contribution is -0.129. The molecule has 1 amide bonds. The van der Waals surface area contributed by atoms with Crippen molar-refractivity contribution in [2.75, 3.05) is 39.8 Å². The van der Waals surface area contributed by atoms with Gasteiger partial charge in [-0.3, -0.25) is 9.79 Å². The van der Waals surface area contributed by atoms with Gasteiger partial charge in [-0.2, -0.15) is 0 Å². The molecule has 5 nitrogen and oxygen atoms in total. The van der Waals surface area contributed by atoms with Crippen molar-refractivity contribution in [3.63, 3.8) is 0 Å². The number of hydrogen-bond acceptors (Lipinski definition) is 2. The Hall–Kier alpha value is -0.790. The quantitative estimate of drug-likeness (QED) is 0.183. The van der Waals surface area contributed by atoms with Crippen LogP contribution in [0.25, 0.3) is 0 Å². The van der Waals surface area contributed by atoms with Crippen LogP contribution in [0, 0.1) is 0 Å². The molecule has 0 spiro atoms. The third-order valence-corrected chi connectivity index (χ3v) is 4.14. The van der Waals surface area contributed by atoms with Gasteiger partial charge >= 0.3 is 0 Å². The van der Waals surface area contributed by atoms with Gasteiger partial charge in [0, 0.05) is 39.6 Å². The van der Waals surface area contributed by atoms with Crippen LogP contribution in [0.3, 0.4) is 0 Å². The Bertz CT molecular complexity index is 381. The first-order valence-corrected chi connectivity index (χ1v) is 9.07. The second-order valence-electron chi connectivity index (χ2n) is 6.13. The largest absolute Gasteiger partial charge is 0.357 e. The van der Waals surface area contributed by atoms with E-state index in [2.05, 4.69) is 35.8 Å². The average Bonchev–Trinajstić information content (AvgIpc) is 3.08. The highest BCUT2D eigenvalue weighted by Crippen LogP contribution is 2.09. The van der Waals surface area contributed by atoms with Crippen LogP contribution < -0.4 is 5.32 Å². The molecule has 1 saturated heterocycles. The molecule has 0 aromatic rings. The summed E-state index contributed by atoms with van der Waals surface area (Å²) < 4.78 is 0. The fraction of sp³-hybridized carbons (Fsp3) is 0.778. The fourth-order valence-corrected chi connectivity index (χ4v) is 2.77. The zero-order chi connectivity index (χ0) is 16.9. The molecule has 1 heterocycles. The molecular formula is C18H35IN4O. The molecule has 0 aromatic heterocycles. The number of likely N-dealkylation sites (tertiary alicyclic amines) is 1. The van der Waals surface area contributed by atoms with Crippen LogP contribution in [0.5, 0.6) is 0 Å². The number of allylic oxidation sites excluding steroid dienone is 1. The molecule has 0 saturated carbocycles. The minimum atomic E-state index is 0. The van der Waals surface area contributed by atoms with E-state index in [1.54, 1.807) is 0 Å². The van der Waals surface area contributed by atoms with Crippen molar-refractivity contribution in [2.45, 2.75) is 51.9 Å². The maximum atomic E-state index is 12.0. The maximum absolute atomic E-state index is 12.0. The summed E-state index contributed by atoms with van der Waals surface area (Å²) in [7, 11) is 2.07. The van der Waals surface area contributed by atoms with Gasteiger partial charge in [-0.25, -0.2) is 0 Å². The van der Waals surface area contributed by atoms with Crippen LogP contribution in [-0.2, 0) is 4.79 Å². The molecule has 0 radical (unpaired) electrons. The summed E-state index contributed by atoms with van der Waals surface area (Å²) in [6, 6.07) is 0. The van der Waals surface area contributed by atoms with Crippen LogP contribution >= 0.6 is 24.0 Å². The number of hydrogen-bond donors (Lipinski definition) is 1. The number of nitrogens with one attached hydrogen (secondary N) is 1. The topological polar surface area (TPSA) is 47.9 Å². The van der Waals surface area contributed by atoms with Gasteiger partial charge in [0.15, 0.2) is 5.96 Å². The highest BCUT2D eigenvalue weighted by atomic mass is 127. The summed E-state index contributed by atoms with van der Waals surface area (Å²) in [5.74, 6) is 1.15. The van der Waals surface area contributed by atoms with E-state index in [1.165, 1.54) is 12.8 Å². The van der Waals surface area contributed by atoms with Gasteiger partial charge in [0.1, 0.15) is 0 Å². The van der Waals surface area contributed by atoms with Crippen molar-refractivity contribution >= 4 is 35.8 Å². The number of rotatable bonds is 10. The van der Waals surface area contributed by atoms with Gasteiger partial charge in [0.2, 0.25) is 5.91 Å². The number of carbonyl (C=O) groups excluding carboxylic acids is 1. The first kappa shape index (κ1) is 23.2. The first-order chi connectivity index (χ1) is 11.2. The van der Waals surface area contributed by atoms with E-state index in [0.29, 0.717) is 13.0 Å². The van der Waals surface area contributed by atoms with Crippen molar-refractivity contribution in [2.24, 2.45) is 4.99 Å². The molecule has 0 aromatic carbocycles. The van der Waals surface area contributed by atoms with E-state index in [0.717, 1.165) is 57.8 Å². The number of carbonyl (C=O) groups is 1. The van der Waals surface area contributed by atoms with Gasteiger partial charge in [0.05, 0.1) is 6.54 Å². The Labute approximate surface area is 165 Å². The molecule has 1 rings (SSSR count). The Morgan fingerprint density at radius 3 is 2.62 bits per heavy atom. The minimum Gasteiger partial charge on any atom is -0.357 e. The third kappa shape index (κ3) is 9.49. The first-order valence-electron chi connectivity index (χ1n) is 9.07. The summed E-state index contributed by atoms with van der Waals surface area (Å²) in [5, 5.41) is 3.31. The van der Waals surface area contributed by atoms with Crippen LogP contribution in [0.1, 0.15) is 51.9 Å². The van der Waals surface area contributed by atoms with Gasteiger partial charge in [0.25, 0.3) is 0 Å². The van der Waals surface area contributed by atoms with Crippen LogP contribution in [0.15, 0.2) is 17.6 Å². The number of aliphatic imine (C=N–C) groups is 1. The smallest absolute Gasteiger partial charge is 0.224 e. The summed E-state index contributed by atoms with van der Waals surface area (Å²) in [6.07, 6.45) is 9.45. The van der Waals surface area contributed by atoms with Crippen molar-refractivity contribution in [3.8, 4) is 0 Å². The Kier molecular flexibility index (Phi) is 14.1. The molecule has 1 aliphatic rings. The summed E-state index contributed by atoms with van der Waals surface area (Å²) >= 11 is 0. The second kappa shape index (κ2) is 14.5.